The molecule has 7 heteroatoms. The molecule has 1 aromatic rings. The van der Waals surface area contributed by atoms with Crippen LogP contribution in [0.1, 0.15) is 18.6 Å². The van der Waals surface area contributed by atoms with Crippen molar-refractivity contribution in [2.75, 3.05) is 6.79 Å². The maximum atomic E-state index is 11.1. The minimum Gasteiger partial charge on any atom is -0.454 e. The van der Waals surface area contributed by atoms with Crippen LogP contribution in [0.25, 0.3) is 0 Å². The average Bonchev–Trinajstić information content (AvgIpc) is 2.70. The summed E-state index contributed by atoms with van der Waals surface area (Å²) in [6.07, 6.45) is -1.01. The number of benzene rings is 1. The molecule has 0 bridgehead atoms. The highest BCUT2D eigenvalue weighted by atomic mass is 35.6. The van der Waals surface area contributed by atoms with Crippen LogP contribution in [0, 0.1) is 0 Å². The van der Waals surface area contributed by atoms with E-state index in [4.69, 9.17) is 49.0 Å². The van der Waals surface area contributed by atoms with E-state index in [1.165, 1.54) is 6.92 Å². The van der Waals surface area contributed by atoms with Gasteiger partial charge in [-0.25, -0.2) is 0 Å². The third kappa shape index (κ3) is 2.94. The van der Waals surface area contributed by atoms with Crippen molar-refractivity contribution in [1.29, 1.82) is 0 Å². The van der Waals surface area contributed by atoms with E-state index in [0.717, 1.165) is 0 Å². The second kappa shape index (κ2) is 5.03. The Hall–Kier alpha value is -0.840. The van der Waals surface area contributed by atoms with E-state index in [-0.39, 0.29) is 6.79 Å². The summed E-state index contributed by atoms with van der Waals surface area (Å²) in [6, 6.07) is 4.95. The summed E-state index contributed by atoms with van der Waals surface area (Å²) in [5, 5.41) is 0. The molecule has 1 heterocycles. The Morgan fingerprint density at radius 3 is 2.61 bits per heavy atom. The van der Waals surface area contributed by atoms with Gasteiger partial charge in [-0.2, -0.15) is 0 Å². The van der Waals surface area contributed by atoms with Gasteiger partial charge in [0.25, 0.3) is 0 Å². The number of alkyl halides is 3. The van der Waals surface area contributed by atoms with Crippen molar-refractivity contribution >= 4 is 40.8 Å². The molecular weight excluding hydrogens is 302 g/mol. The number of fused-ring (bicyclic) bond motifs is 1. The van der Waals surface area contributed by atoms with Gasteiger partial charge in [-0.3, -0.25) is 4.79 Å². The van der Waals surface area contributed by atoms with Crippen LogP contribution in [0.5, 0.6) is 11.5 Å². The molecular formula is C11H9Cl3O4. The van der Waals surface area contributed by atoms with Crippen molar-refractivity contribution in [3.63, 3.8) is 0 Å². The molecule has 1 unspecified atom stereocenters. The molecule has 0 aliphatic carbocycles. The van der Waals surface area contributed by atoms with E-state index in [1.54, 1.807) is 18.2 Å². The molecule has 1 aliphatic rings. The van der Waals surface area contributed by atoms with Gasteiger partial charge >= 0.3 is 5.97 Å². The SMILES string of the molecule is CC(=O)OC(c1ccc2c(c1)OCO2)C(Cl)(Cl)Cl. The summed E-state index contributed by atoms with van der Waals surface area (Å²) in [4.78, 5) is 11.1. The second-order valence-corrected chi connectivity index (χ2v) is 6.01. The first-order chi connectivity index (χ1) is 8.38. The highest BCUT2D eigenvalue weighted by molar-refractivity contribution is 6.68. The standard InChI is InChI=1S/C11H9Cl3O4/c1-6(15)18-10(11(12,13)14)7-2-3-8-9(4-7)17-5-16-8/h2-4,10H,5H2,1H3. The molecule has 1 aliphatic heterocycles. The summed E-state index contributed by atoms with van der Waals surface area (Å²) in [5.74, 6) is 0.590. The largest absolute Gasteiger partial charge is 0.454 e. The monoisotopic (exact) mass is 310 g/mol. The van der Waals surface area contributed by atoms with Gasteiger partial charge in [0, 0.05) is 12.5 Å². The molecule has 0 saturated carbocycles. The van der Waals surface area contributed by atoms with E-state index >= 15 is 0 Å². The first kappa shape index (κ1) is 13.6. The van der Waals surface area contributed by atoms with Crippen LogP contribution < -0.4 is 9.47 Å². The Labute approximate surface area is 119 Å². The molecule has 4 nitrogen and oxygen atoms in total. The quantitative estimate of drug-likeness (QED) is 0.620. The maximum absolute atomic E-state index is 11.1. The smallest absolute Gasteiger partial charge is 0.303 e. The molecule has 0 amide bonds. The van der Waals surface area contributed by atoms with Crippen molar-refractivity contribution < 1.29 is 19.0 Å². The first-order valence-corrected chi connectivity index (χ1v) is 6.15. The van der Waals surface area contributed by atoms with Gasteiger partial charge in [0.1, 0.15) is 0 Å². The van der Waals surface area contributed by atoms with Crippen LogP contribution >= 0.6 is 34.8 Å². The minimum atomic E-state index is -1.76. The lowest BCUT2D eigenvalue weighted by Crippen LogP contribution is -2.22. The Bertz CT molecular complexity index is 470. The summed E-state index contributed by atoms with van der Waals surface area (Å²) < 4.78 is 13.7. The number of esters is 1. The molecule has 98 valence electrons. The topological polar surface area (TPSA) is 44.8 Å². The average molecular weight is 312 g/mol. The highest BCUT2D eigenvalue weighted by Crippen LogP contribution is 2.44. The van der Waals surface area contributed by atoms with Crippen LogP contribution in [-0.4, -0.2) is 16.6 Å². The Morgan fingerprint density at radius 2 is 2.00 bits per heavy atom. The predicted molar refractivity (Wildman–Crippen MR) is 67.4 cm³/mol. The lowest BCUT2D eigenvalue weighted by atomic mass is 10.1. The van der Waals surface area contributed by atoms with E-state index in [1.807, 2.05) is 0 Å². The van der Waals surface area contributed by atoms with E-state index in [0.29, 0.717) is 17.1 Å². The third-order valence-corrected chi connectivity index (χ3v) is 2.88. The van der Waals surface area contributed by atoms with Gasteiger partial charge in [-0.15, -0.1) is 0 Å². The molecule has 0 N–H and O–H groups in total. The number of hydrogen-bond donors (Lipinski definition) is 0. The van der Waals surface area contributed by atoms with Gasteiger partial charge in [-0.1, -0.05) is 40.9 Å². The van der Waals surface area contributed by atoms with Crippen molar-refractivity contribution in [1.82, 2.24) is 0 Å². The predicted octanol–water partition coefficient (Wildman–Crippen LogP) is 3.39. The summed E-state index contributed by atoms with van der Waals surface area (Å²) in [5.41, 5.74) is 0.523. The normalized spacial score (nSPS) is 15.3. The van der Waals surface area contributed by atoms with Crippen molar-refractivity contribution in [3.05, 3.63) is 23.8 Å². The first-order valence-electron chi connectivity index (χ1n) is 5.01. The molecule has 0 radical (unpaired) electrons. The Balaban J connectivity index is 2.33. The van der Waals surface area contributed by atoms with Crippen molar-refractivity contribution in [3.8, 4) is 11.5 Å². The van der Waals surface area contributed by atoms with Crippen LogP contribution in [-0.2, 0) is 9.53 Å². The number of carbonyl (C=O) groups is 1. The molecule has 18 heavy (non-hydrogen) atoms. The molecule has 1 aromatic carbocycles. The van der Waals surface area contributed by atoms with Crippen LogP contribution in [0.4, 0.5) is 0 Å². The molecule has 0 saturated heterocycles. The molecule has 1 atom stereocenters. The summed E-state index contributed by atoms with van der Waals surface area (Å²) in [6.45, 7) is 1.39. The van der Waals surface area contributed by atoms with Gasteiger partial charge in [0.15, 0.2) is 17.6 Å². The Kier molecular flexibility index (Phi) is 3.80. The fourth-order valence-electron chi connectivity index (χ4n) is 1.57. The highest BCUT2D eigenvalue weighted by Gasteiger charge is 2.37. The molecule has 2 rings (SSSR count). The second-order valence-electron chi connectivity index (χ2n) is 3.64. The molecule has 0 aromatic heterocycles. The molecule has 0 fully saturated rings. The number of halogens is 3. The number of carbonyl (C=O) groups excluding carboxylic acids is 1. The van der Waals surface area contributed by atoms with Gasteiger partial charge in [0.05, 0.1) is 0 Å². The zero-order valence-electron chi connectivity index (χ0n) is 9.28. The van der Waals surface area contributed by atoms with Gasteiger partial charge in [-0.05, 0) is 12.1 Å². The zero-order valence-corrected chi connectivity index (χ0v) is 11.6. The molecule has 0 spiro atoms. The third-order valence-electron chi connectivity index (χ3n) is 2.28. The van der Waals surface area contributed by atoms with Crippen LogP contribution in [0.3, 0.4) is 0 Å². The van der Waals surface area contributed by atoms with E-state index in [2.05, 4.69) is 0 Å². The number of rotatable bonds is 2. The summed E-state index contributed by atoms with van der Waals surface area (Å²) >= 11 is 17.4. The minimum absolute atomic E-state index is 0.144. The lowest BCUT2D eigenvalue weighted by molar-refractivity contribution is -0.146. The zero-order chi connectivity index (χ0) is 13.3. The van der Waals surface area contributed by atoms with E-state index < -0.39 is 15.9 Å². The summed E-state index contributed by atoms with van der Waals surface area (Å²) in [7, 11) is 0. The van der Waals surface area contributed by atoms with Gasteiger partial charge < -0.3 is 14.2 Å². The fourth-order valence-corrected chi connectivity index (χ4v) is 2.08. The maximum Gasteiger partial charge on any atom is 0.303 e. The van der Waals surface area contributed by atoms with Crippen molar-refractivity contribution in [2.24, 2.45) is 0 Å². The number of hydrogen-bond acceptors (Lipinski definition) is 4. The number of ether oxygens (including phenoxy) is 3. The van der Waals surface area contributed by atoms with E-state index in [9.17, 15) is 4.79 Å². The Morgan fingerprint density at radius 1 is 1.33 bits per heavy atom. The van der Waals surface area contributed by atoms with Gasteiger partial charge in [0.2, 0.25) is 10.6 Å². The fraction of sp³-hybridized carbons (Fsp3) is 0.364. The van der Waals surface area contributed by atoms with Crippen LogP contribution in [0.2, 0.25) is 0 Å². The van der Waals surface area contributed by atoms with Crippen molar-refractivity contribution in [2.45, 2.75) is 16.8 Å². The van der Waals surface area contributed by atoms with Crippen LogP contribution in [0.15, 0.2) is 18.2 Å². The lowest BCUT2D eigenvalue weighted by Gasteiger charge is -2.24.